The molecule has 30 heavy (non-hydrogen) atoms. The number of benzene rings is 2. The van der Waals surface area contributed by atoms with Crippen LogP contribution in [-0.2, 0) is 20.9 Å². The lowest BCUT2D eigenvalue weighted by atomic mass is 9.98. The van der Waals surface area contributed by atoms with E-state index < -0.39 is 29.7 Å². The standard InChI is InChI=1S/C23H26N2O5/c1-4-20(26)25(17(3)19-14-10-7-11-15-19)23(5-2,21(27)28)24-22(29)30-16-18-12-8-6-9-13-18/h4,6-15,17H,1,5,16H2,2-3H3,(H,24,29)(H,27,28)/t17-,23-/m0/s1. The monoisotopic (exact) mass is 410 g/mol. The zero-order valence-electron chi connectivity index (χ0n) is 17.1. The minimum Gasteiger partial charge on any atom is -0.478 e. The molecule has 2 aromatic carbocycles. The average Bonchev–Trinajstić information content (AvgIpc) is 2.77. The third-order valence-corrected chi connectivity index (χ3v) is 4.88. The molecule has 0 spiro atoms. The van der Waals surface area contributed by atoms with E-state index in [2.05, 4.69) is 11.9 Å². The summed E-state index contributed by atoms with van der Waals surface area (Å²) < 4.78 is 5.21. The number of aliphatic carboxylic acids is 1. The van der Waals surface area contributed by atoms with E-state index >= 15 is 0 Å². The molecule has 2 rings (SSSR count). The van der Waals surface area contributed by atoms with Gasteiger partial charge in [0.2, 0.25) is 11.6 Å². The van der Waals surface area contributed by atoms with Gasteiger partial charge in [-0.1, -0.05) is 74.2 Å². The molecule has 0 aliphatic carbocycles. The van der Waals surface area contributed by atoms with Crippen LogP contribution in [0.4, 0.5) is 4.79 Å². The highest BCUT2D eigenvalue weighted by Gasteiger charge is 2.49. The number of rotatable bonds is 9. The van der Waals surface area contributed by atoms with Gasteiger partial charge in [-0.3, -0.25) is 15.0 Å². The molecule has 158 valence electrons. The number of carbonyl (C=O) groups excluding carboxylic acids is 2. The summed E-state index contributed by atoms with van der Waals surface area (Å²) >= 11 is 0. The molecule has 0 aromatic heterocycles. The minimum atomic E-state index is -2.02. The minimum absolute atomic E-state index is 0.0320. The molecule has 7 nitrogen and oxygen atoms in total. The first-order valence-electron chi connectivity index (χ1n) is 9.58. The maximum Gasteiger partial charge on any atom is 0.409 e. The number of carboxylic acids is 1. The molecule has 2 aromatic rings. The number of amides is 2. The van der Waals surface area contributed by atoms with Gasteiger partial charge in [-0.05, 0) is 30.5 Å². The molecule has 0 aliphatic rings. The molecule has 0 unspecified atom stereocenters. The van der Waals surface area contributed by atoms with E-state index in [-0.39, 0.29) is 13.0 Å². The van der Waals surface area contributed by atoms with Gasteiger partial charge in [0, 0.05) is 0 Å². The third-order valence-electron chi connectivity index (χ3n) is 4.88. The van der Waals surface area contributed by atoms with Gasteiger partial charge in [-0.25, -0.2) is 9.59 Å². The highest BCUT2D eigenvalue weighted by molar-refractivity contribution is 5.94. The van der Waals surface area contributed by atoms with Crippen molar-refractivity contribution in [1.82, 2.24) is 10.2 Å². The van der Waals surface area contributed by atoms with E-state index in [0.717, 1.165) is 16.5 Å². The summed E-state index contributed by atoms with van der Waals surface area (Å²) in [5, 5.41) is 12.5. The van der Waals surface area contributed by atoms with E-state index in [0.29, 0.717) is 5.56 Å². The molecule has 0 fully saturated rings. The molecule has 0 radical (unpaired) electrons. The van der Waals surface area contributed by atoms with E-state index in [1.54, 1.807) is 62.4 Å². The summed E-state index contributed by atoms with van der Waals surface area (Å²) in [4.78, 5) is 38.7. The lowest BCUT2D eigenvalue weighted by molar-refractivity contribution is -0.163. The maximum absolute atomic E-state index is 12.8. The van der Waals surface area contributed by atoms with Crippen LogP contribution in [0.5, 0.6) is 0 Å². The highest BCUT2D eigenvalue weighted by Crippen LogP contribution is 2.30. The zero-order valence-corrected chi connectivity index (χ0v) is 17.1. The zero-order chi connectivity index (χ0) is 22.1. The van der Waals surface area contributed by atoms with Crippen molar-refractivity contribution < 1.29 is 24.2 Å². The molecule has 0 aliphatic heterocycles. The average molecular weight is 410 g/mol. The lowest BCUT2D eigenvalue weighted by Gasteiger charge is -2.43. The number of carboxylic acid groups (broad SMARTS) is 1. The lowest BCUT2D eigenvalue weighted by Crippen LogP contribution is -2.67. The maximum atomic E-state index is 12.8. The van der Waals surface area contributed by atoms with Gasteiger partial charge in [0.05, 0.1) is 6.04 Å². The Morgan fingerprint density at radius 1 is 1.13 bits per heavy atom. The van der Waals surface area contributed by atoms with Crippen molar-refractivity contribution in [2.75, 3.05) is 0 Å². The van der Waals surface area contributed by atoms with Crippen LogP contribution in [0.3, 0.4) is 0 Å². The molecular weight excluding hydrogens is 384 g/mol. The quantitative estimate of drug-likeness (QED) is 0.483. The van der Waals surface area contributed by atoms with Gasteiger partial charge < -0.3 is 9.84 Å². The van der Waals surface area contributed by atoms with Crippen molar-refractivity contribution in [2.45, 2.75) is 38.6 Å². The second-order valence-electron chi connectivity index (χ2n) is 6.70. The fraction of sp³-hybridized carbons (Fsp3) is 0.261. The van der Waals surface area contributed by atoms with Crippen LogP contribution in [0, 0.1) is 0 Å². The first-order chi connectivity index (χ1) is 14.4. The molecule has 0 heterocycles. The Bertz CT molecular complexity index is 885. The molecule has 0 saturated heterocycles. The normalized spacial score (nSPS) is 13.4. The predicted octanol–water partition coefficient (Wildman–Crippen LogP) is 3.88. The summed E-state index contributed by atoms with van der Waals surface area (Å²) in [6, 6.07) is 17.3. The molecule has 2 atom stereocenters. The molecule has 0 saturated carbocycles. The number of ether oxygens (including phenoxy) is 1. The highest BCUT2D eigenvalue weighted by atomic mass is 16.5. The van der Waals surface area contributed by atoms with Gasteiger partial charge in [-0.15, -0.1) is 0 Å². The Hall–Kier alpha value is -3.61. The van der Waals surface area contributed by atoms with Crippen LogP contribution in [-0.4, -0.2) is 33.6 Å². The van der Waals surface area contributed by atoms with Crippen LogP contribution < -0.4 is 5.32 Å². The SMILES string of the molecule is C=CC(=O)N([C@@H](C)c1ccccc1)[C@](CC)(NC(=O)OCc1ccccc1)C(=O)O. The first kappa shape index (κ1) is 22.7. The van der Waals surface area contributed by atoms with Crippen LogP contribution in [0.2, 0.25) is 0 Å². The third kappa shape index (κ3) is 5.05. The summed E-state index contributed by atoms with van der Waals surface area (Å²) in [7, 11) is 0. The topological polar surface area (TPSA) is 95.9 Å². The van der Waals surface area contributed by atoms with Crippen LogP contribution >= 0.6 is 0 Å². The fourth-order valence-corrected chi connectivity index (χ4v) is 3.24. The van der Waals surface area contributed by atoms with Crippen molar-refractivity contribution in [1.29, 1.82) is 0 Å². The Morgan fingerprint density at radius 3 is 2.20 bits per heavy atom. The van der Waals surface area contributed by atoms with Crippen molar-refractivity contribution in [3.05, 3.63) is 84.4 Å². The van der Waals surface area contributed by atoms with E-state index in [9.17, 15) is 19.5 Å². The van der Waals surface area contributed by atoms with Crippen LogP contribution in [0.15, 0.2) is 73.3 Å². The van der Waals surface area contributed by atoms with E-state index in [1.165, 1.54) is 0 Å². The molecular formula is C23H26N2O5. The number of hydrogen-bond acceptors (Lipinski definition) is 4. The van der Waals surface area contributed by atoms with E-state index in [1.807, 2.05) is 12.1 Å². The van der Waals surface area contributed by atoms with Gasteiger partial charge in [0.15, 0.2) is 0 Å². The van der Waals surface area contributed by atoms with Gasteiger partial charge in [-0.2, -0.15) is 0 Å². The van der Waals surface area contributed by atoms with Crippen molar-refractivity contribution >= 4 is 18.0 Å². The molecule has 2 amide bonds. The van der Waals surface area contributed by atoms with Crippen molar-refractivity contribution in [2.24, 2.45) is 0 Å². The number of nitrogens with one attached hydrogen (secondary N) is 1. The van der Waals surface area contributed by atoms with Gasteiger partial charge in [0.25, 0.3) is 0 Å². The smallest absolute Gasteiger partial charge is 0.409 e. The second kappa shape index (κ2) is 10.2. The summed E-state index contributed by atoms with van der Waals surface area (Å²) in [6.07, 6.45) is 0.00811. The Balaban J connectivity index is 2.34. The fourth-order valence-electron chi connectivity index (χ4n) is 3.24. The predicted molar refractivity (Wildman–Crippen MR) is 112 cm³/mol. The largest absolute Gasteiger partial charge is 0.478 e. The Labute approximate surface area is 176 Å². The van der Waals surface area contributed by atoms with Crippen LogP contribution in [0.25, 0.3) is 0 Å². The van der Waals surface area contributed by atoms with Gasteiger partial charge >= 0.3 is 12.1 Å². The molecule has 7 heteroatoms. The molecule has 0 bridgehead atoms. The molecule has 2 N–H and O–H groups in total. The Morgan fingerprint density at radius 2 is 1.70 bits per heavy atom. The summed E-state index contributed by atoms with van der Waals surface area (Å²) in [5.41, 5.74) is -0.554. The second-order valence-corrected chi connectivity index (χ2v) is 6.70. The van der Waals surface area contributed by atoms with Gasteiger partial charge in [0.1, 0.15) is 6.61 Å². The van der Waals surface area contributed by atoms with Crippen LogP contribution in [0.1, 0.15) is 37.4 Å². The Kier molecular flexibility index (Phi) is 7.75. The van der Waals surface area contributed by atoms with Crippen molar-refractivity contribution in [3.8, 4) is 0 Å². The first-order valence-corrected chi connectivity index (χ1v) is 9.58. The number of alkyl carbamates (subject to hydrolysis) is 1. The number of hydrogen-bond donors (Lipinski definition) is 2. The summed E-state index contributed by atoms with van der Waals surface area (Å²) in [6.45, 7) is 6.73. The van der Waals surface area contributed by atoms with E-state index in [4.69, 9.17) is 4.74 Å². The van der Waals surface area contributed by atoms with Crippen molar-refractivity contribution in [3.63, 3.8) is 0 Å². The number of carbonyl (C=O) groups is 3. The summed E-state index contributed by atoms with van der Waals surface area (Å²) in [5.74, 6) is -2.00. The number of nitrogens with zero attached hydrogens (tertiary/aromatic N) is 1.